The highest BCUT2D eigenvalue weighted by Crippen LogP contribution is 2.26. The van der Waals surface area contributed by atoms with E-state index >= 15 is 0 Å². The Kier molecular flexibility index (Phi) is 4.00. The lowest BCUT2D eigenvalue weighted by atomic mass is 10.1. The molecule has 3 rings (SSSR count). The van der Waals surface area contributed by atoms with E-state index in [0.717, 1.165) is 22.6 Å². The standard InChI is InChI=1S/C18H19NO3/c1-13-18(20)19(11-14-6-5-8-16(10-14)21-2)12-15-7-3-4-9-17(15)22-13/h3-10,13H,11-12H2,1-2H3/t13-/m0/s1. The van der Waals surface area contributed by atoms with Crippen molar-refractivity contribution in [3.8, 4) is 11.5 Å². The number of ether oxygens (including phenoxy) is 2. The lowest BCUT2D eigenvalue weighted by Gasteiger charge is -2.22. The lowest BCUT2D eigenvalue weighted by Crippen LogP contribution is -2.37. The molecule has 2 aromatic rings. The largest absolute Gasteiger partial charge is 0.497 e. The van der Waals surface area contributed by atoms with Gasteiger partial charge in [0, 0.05) is 18.7 Å². The van der Waals surface area contributed by atoms with Crippen molar-refractivity contribution in [2.75, 3.05) is 7.11 Å². The van der Waals surface area contributed by atoms with Crippen molar-refractivity contribution in [2.24, 2.45) is 0 Å². The summed E-state index contributed by atoms with van der Waals surface area (Å²) in [5.41, 5.74) is 2.07. The molecule has 1 atom stereocenters. The van der Waals surface area contributed by atoms with Crippen molar-refractivity contribution in [1.82, 2.24) is 4.90 Å². The third kappa shape index (κ3) is 2.91. The highest BCUT2D eigenvalue weighted by atomic mass is 16.5. The molecule has 0 N–H and O–H groups in total. The average molecular weight is 297 g/mol. The molecular formula is C18H19NO3. The van der Waals surface area contributed by atoms with Crippen LogP contribution in [-0.2, 0) is 17.9 Å². The van der Waals surface area contributed by atoms with Gasteiger partial charge in [0.2, 0.25) is 0 Å². The Morgan fingerprint density at radius 2 is 2.05 bits per heavy atom. The maximum atomic E-state index is 12.5. The third-order valence-electron chi connectivity index (χ3n) is 3.80. The summed E-state index contributed by atoms with van der Waals surface area (Å²) in [5.74, 6) is 1.58. The summed E-state index contributed by atoms with van der Waals surface area (Å²) in [5, 5.41) is 0. The second-order valence-corrected chi connectivity index (χ2v) is 5.41. The smallest absolute Gasteiger partial charge is 0.263 e. The zero-order chi connectivity index (χ0) is 15.5. The average Bonchev–Trinajstić information content (AvgIpc) is 2.66. The minimum atomic E-state index is -0.478. The van der Waals surface area contributed by atoms with Gasteiger partial charge in [0.15, 0.2) is 6.10 Å². The molecule has 0 aromatic heterocycles. The number of methoxy groups -OCH3 is 1. The van der Waals surface area contributed by atoms with Gasteiger partial charge in [0.1, 0.15) is 11.5 Å². The molecule has 1 amide bonds. The van der Waals surface area contributed by atoms with Crippen molar-refractivity contribution >= 4 is 5.91 Å². The van der Waals surface area contributed by atoms with Crippen molar-refractivity contribution in [3.63, 3.8) is 0 Å². The van der Waals surface area contributed by atoms with E-state index in [1.165, 1.54) is 0 Å². The Morgan fingerprint density at radius 1 is 1.23 bits per heavy atom. The summed E-state index contributed by atoms with van der Waals surface area (Å²) in [6, 6.07) is 15.6. The fourth-order valence-corrected chi connectivity index (χ4v) is 2.66. The van der Waals surface area contributed by atoms with E-state index in [2.05, 4.69) is 0 Å². The van der Waals surface area contributed by atoms with Gasteiger partial charge in [0.05, 0.1) is 7.11 Å². The number of para-hydroxylation sites is 1. The Labute approximate surface area is 130 Å². The minimum absolute atomic E-state index is 0.000908. The van der Waals surface area contributed by atoms with Crippen molar-refractivity contribution in [3.05, 3.63) is 59.7 Å². The van der Waals surface area contributed by atoms with E-state index in [1.54, 1.807) is 14.0 Å². The van der Waals surface area contributed by atoms with Crippen LogP contribution in [0.5, 0.6) is 11.5 Å². The van der Waals surface area contributed by atoms with Crippen molar-refractivity contribution in [2.45, 2.75) is 26.1 Å². The molecule has 4 heteroatoms. The molecule has 2 aromatic carbocycles. The second-order valence-electron chi connectivity index (χ2n) is 5.41. The van der Waals surface area contributed by atoms with Crippen LogP contribution in [0, 0.1) is 0 Å². The molecule has 1 aliphatic rings. The van der Waals surface area contributed by atoms with Gasteiger partial charge in [-0.05, 0) is 30.7 Å². The first kappa shape index (κ1) is 14.4. The topological polar surface area (TPSA) is 38.8 Å². The summed E-state index contributed by atoms with van der Waals surface area (Å²) in [6.45, 7) is 2.89. The molecule has 0 saturated heterocycles. The molecule has 0 bridgehead atoms. The zero-order valence-electron chi connectivity index (χ0n) is 12.8. The van der Waals surface area contributed by atoms with Crippen LogP contribution in [0.4, 0.5) is 0 Å². The van der Waals surface area contributed by atoms with Gasteiger partial charge in [-0.3, -0.25) is 4.79 Å². The van der Waals surface area contributed by atoms with E-state index in [-0.39, 0.29) is 5.91 Å². The number of nitrogens with zero attached hydrogens (tertiary/aromatic N) is 1. The number of hydrogen-bond acceptors (Lipinski definition) is 3. The number of carbonyl (C=O) groups is 1. The van der Waals surface area contributed by atoms with Gasteiger partial charge in [0.25, 0.3) is 5.91 Å². The SMILES string of the molecule is COc1cccc(CN2Cc3ccccc3O[C@@H](C)C2=O)c1. The number of carbonyl (C=O) groups excluding carboxylic acids is 1. The van der Waals surface area contributed by atoms with Crippen LogP contribution in [-0.4, -0.2) is 24.0 Å². The van der Waals surface area contributed by atoms with Crippen LogP contribution in [0.3, 0.4) is 0 Å². The fourth-order valence-electron chi connectivity index (χ4n) is 2.66. The molecule has 114 valence electrons. The van der Waals surface area contributed by atoms with E-state index in [4.69, 9.17) is 9.47 Å². The molecule has 1 heterocycles. The van der Waals surface area contributed by atoms with E-state index in [1.807, 2.05) is 53.4 Å². The summed E-state index contributed by atoms with van der Waals surface area (Å²) >= 11 is 0. The molecule has 0 aliphatic carbocycles. The molecular weight excluding hydrogens is 278 g/mol. The van der Waals surface area contributed by atoms with E-state index < -0.39 is 6.10 Å². The van der Waals surface area contributed by atoms with Crippen LogP contribution < -0.4 is 9.47 Å². The predicted octanol–water partition coefficient (Wildman–Crippen LogP) is 3.00. The van der Waals surface area contributed by atoms with Gasteiger partial charge in [-0.15, -0.1) is 0 Å². The molecule has 22 heavy (non-hydrogen) atoms. The Morgan fingerprint density at radius 3 is 2.86 bits per heavy atom. The van der Waals surface area contributed by atoms with Gasteiger partial charge in [-0.1, -0.05) is 30.3 Å². The number of rotatable bonds is 3. The third-order valence-corrected chi connectivity index (χ3v) is 3.80. The van der Waals surface area contributed by atoms with Gasteiger partial charge >= 0.3 is 0 Å². The van der Waals surface area contributed by atoms with Crippen molar-refractivity contribution in [1.29, 1.82) is 0 Å². The number of amides is 1. The summed E-state index contributed by atoms with van der Waals surface area (Å²) in [4.78, 5) is 14.4. The lowest BCUT2D eigenvalue weighted by molar-refractivity contribution is -0.138. The van der Waals surface area contributed by atoms with Gasteiger partial charge in [-0.2, -0.15) is 0 Å². The Bertz CT molecular complexity index is 684. The predicted molar refractivity (Wildman–Crippen MR) is 83.8 cm³/mol. The van der Waals surface area contributed by atoms with Crippen LogP contribution in [0.15, 0.2) is 48.5 Å². The Balaban J connectivity index is 1.87. The highest BCUT2D eigenvalue weighted by molar-refractivity contribution is 5.81. The quantitative estimate of drug-likeness (QED) is 0.874. The molecule has 0 radical (unpaired) electrons. The molecule has 4 nitrogen and oxygen atoms in total. The fraction of sp³-hybridized carbons (Fsp3) is 0.278. The minimum Gasteiger partial charge on any atom is -0.497 e. The normalized spacial score (nSPS) is 17.5. The van der Waals surface area contributed by atoms with Crippen LogP contribution in [0.1, 0.15) is 18.1 Å². The van der Waals surface area contributed by atoms with Gasteiger partial charge in [-0.25, -0.2) is 0 Å². The molecule has 0 fully saturated rings. The highest BCUT2D eigenvalue weighted by Gasteiger charge is 2.27. The first-order valence-electron chi connectivity index (χ1n) is 7.33. The molecule has 0 saturated carbocycles. The van der Waals surface area contributed by atoms with E-state index in [0.29, 0.717) is 13.1 Å². The van der Waals surface area contributed by atoms with E-state index in [9.17, 15) is 4.79 Å². The summed E-state index contributed by atoms with van der Waals surface area (Å²) in [7, 11) is 1.64. The summed E-state index contributed by atoms with van der Waals surface area (Å²) < 4.78 is 11.0. The number of fused-ring (bicyclic) bond motifs is 1. The zero-order valence-corrected chi connectivity index (χ0v) is 12.8. The first-order chi connectivity index (χ1) is 10.7. The summed E-state index contributed by atoms with van der Waals surface area (Å²) in [6.07, 6.45) is -0.478. The number of hydrogen-bond donors (Lipinski definition) is 0. The molecule has 0 unspecified atom stereocenters. The Hall–Kier alpha value is -2.49. The molecule has 0 spiro atoms. The maximum Gasteiger partial charge on any atom is 0.263 e. The van der Waals surface area contributed by atoms with Crippen LogP contribution in [0.2, 0.25) is 0 Å². The molecule has 1 aliphatic heterocycles. The number of benzene rings is 2. The monoisotopic (exact) mass is 297 g/mol. The van der Waals surface area contributed by atoms with Crippen molar-refractivity contribution < 1.29 is 14.3 Å². The second kappa shape index (κ2) is 6.10. The van der Waals surface area contributed by atoms with Gasteiger partial charge < -0.3 is 14.4 Å². The van der Waals surface area contributed by atoms with Crippen LogP contribution in [0.25, 0.3) is 0 Å². The first-order valence-corrected chi connectivity index (χ1v) is 7.33. The maximum absolute atomic E-state index is 12.5. The van der Waals surface area contributed by atoms with Crippen LogP contribution >= 0.6 is 0 Å².